The number of halogens is 4. The Morgan fingerprint density at radius 2 is 1.67 bits per heavy atom. The SMILES string of the molecule is C=CC.CC(C)c1ccc(Cl)c(C(F)(F)F)c1.CC1CCCCC1. The van der Waals surface area contributed by atoms with Gasteiger partial charge in [0.2, 0.25) is 0 Å². The highest BCUT2D eigenvalue weighted by Gasteiger charge is 2.33. The highest BCUT2D eigenvalue weighted by molar-refractivity contribution is 6.31. The predicted octanol–water partition coefficient (Wildman–Crippen LogP) is 8.26. The summed E-state index contributed by atoms with van der Waals surface area (Å²) in [4.78, 5) is 0. The molecule has 1 aliphatic carbocycles. The molecule has 0 aliphatic heterocycles. The lowest BCUT2D eigenvalue weighted by Crippen LogP contribution is -2.06. The van der Waals surface area contributed by atoms with E-state index in [2.05, 4.69) is 13.5 Å². The first-order valence-electron chi connectivity index (χ1n) is 8.57. The average molecular weight is 363 g/mol. The van der Waals surface area contributed by atoms with Crippen molar-refractivity contribution in [2.45, 2.75) is 71.9 Å². The number of benzene rings is 1. The van der Waals surface area contributed by atoms with E-state index in [4.69, 9.17) is 11.6 Å². The van der Waals surface area contributed by atoms with Crippen LogP contribution >= 0.6 is 11.6 Å². The largest absolute Gasteiger partial charge is 0.417 e. The van der Waals surface area contributed by atoms with Gasteiger partial charge in [-0.15, -0.1) is 6.58 Å². The molecule has 0 heterocycles. The lowest BCUT2D eigenvalue weighted by atomic mass is 9.91. The fraction of sp³-hybridized carbons (Fsp3) is 0.600. The van der Waals surface area contributed by atoms with Crippen LogP contribution in [-0.2, 0) is 6.18 Å². The first-order chi connectivity index (χ1) is 11.1. The third-order valence-corrected chi connectivity index (χ3v) is 4.19. The average Bonchev–Trinajstić information content (AvgIpc) is 2.48. The van der Waals surface area contributed by atoms with Crippen LogP contribution in [0.2, 0.25) is 5.02 Å². The molecule has 0 saturated heterocycles. The van der Waals surface area contributed by atoms with E-state index in [1.54, 1.807) is 12.1 Å². The summed E-state index contributed by atoms with van der Waals surface area (Å²) in [7, 11) is 0. The fourth-order valence-corrected chi connectivity index (χ4v) is 2.65. The Balaban J connectivity index is 0.000000439. The molecular formula is C20H30ClF3. The summed E-state index contributed by atoms with van der Waals surface area (Å²) in [5, 5.41) is -0.248. The van der Waals surface area contributed by atoms with E-state index in [1.807, 2.05) is 20.8 Å². The standard InChI is InChI=1S/C10H10ClF3.C7H14.C3H6/c1-6(2)7-3-4-9(11)8(5-7)10(12,13)14;1-7-5-3-2-4-6-7;1-3-2/h3-6H,1-2H3;7H,2-6H2,1H3;3H,1H2,2H3. The van der Waals surface area contributed by atoms with Crippen LogP contribution in [0, 0.1) is 5.92 Å². The van der Waals surface area contributed by atoms with Crippen LogP contribution in [0.4, 0.5) is 13.2 Å². The molecule has 1 fully saturated rings. The second-order valence-electron chi connectivity index (χ2n) is 6.54. The van der Waals surface area contributed by atoms with Crippen LogP contribution < -0.4 is 0 Å². The van der Waals surface area contributed by atoms with Crippen molar-refractivity contribution in [2.24, 2.45) is 5.92 Å². The summed E-state index contributed by atoms with van der Waals surface area (Å²) < 4.78 is 37.2. The van der Waals surface area contributed by atoms with Crippen molar-refractivity contribution in [1.29, 1.82) is 0 Å². The molecule has 0 N–H and O–H groups in total. The summed E-state index contributed by atoms with van der Waals surface area (Å²) >= 11 is 5.47. The maximum atomic E-state index is 12.4. The molecule has 0 nitrogen and oxygen atoms in total. The maximum Gasteiger partial charge on any atom is 0.417 e. The summed E-state index contributed by atoms with van der Waals surface area (Å²) in [5.41, 5.74) is -0.118. The molecule has 1 aromatic rings. The number of rotatable bonds is 1. The predicted molar refractivity (Wildman–Crippen MR) is 98.7 cm³/mol. The molecule has 0 spiro atoms. The highest BCUT2D eigenvalue weighted by atomic mass is 35.5. The van der Waals surface area contributed by atoms with Gasteiger partial charge in [0.05, 0.1) is 10.6 Å². The van der Waals surface area contributed by atoms with Gasteiger partial charge in [-0.25, -0.2) is 0 Å². The van der Waals surface area contributed by atoms with Gasteiger partial charge < -0.3 is 0 Å². The molecule has 0 aromatic heterocycles. The number of hydrogen-bond acceptors (Lipinski definition) is 0. The van der Waals surface area contributed by atoms with E-state index < -0.39 is 11.7 Å². The van der Waals surface area contributed by atoms with Crippen molar-refractivity contribution < 1.29 is 13.2 Å². The molecule has 0 amide bonds. The van der Waals surface area contributed by atoms with Gasteiger partial charge >= 0.3 is 6.18 Å². The molecule has 138 valence electrons. The lowest BCUT2D eigenvalue weighted by Gasteiger charge is -2.15. The second kappa shape index (κ2) is 11.6. The Hall–Kier alpha value is -0.960. The quantitative estimate of drug-likeness (QED) is 0.441. The Bertz CT molecular complexity index is 472. The molecule has 24 heavy (non-hydrogen) atoms. The molecule has 0 bridgehead atoms. The Kier molecular flexibility index (Phi) is 11.1. The number of allylic oxidation sites excluding steroid dienone is 1. The summed E-state index contributed by atoms with van der Waals surface area (Å²) in [5.74, 6) is 1.10. The summed E-state index contributed by atoms with van der Waals surface area (Å²) in [6, 6.07) is 4.01. The normalized spacial score (nSPS) is 15.0. The topological polar surface area (TPSA) is 0 Å². The molecule has 1 aliphatic rings. The van der Waals surface area contributed by atoms with Gasteiger partial charge in [-0.3, -0.25) is 0 Å². The van der Waals surface area contributed by atoms with Crippen LogP contribution in [0.15, 0.2) is 30.9 Å². The molecule has 1 saturated carbocycles. The molecule has 2 rings (SSSR count). The van der Waals surface area contributed by atoms with Crippen LogP contribution in [-0.4, -0.2) is 0 Å². The van der Waals surface area contributed by atoms with E-state index in [-0.39, 0.29) is 10.9 Å². The van der Waals surface area contributed by atoms with Crippen molar-refractivity contribution in [3.63, 3.8) is 0 Å². The molecule has 0 atom stereocenters. The third kappa shape index (κ3) is 9.36. The Labute approximate surface area is 150 Å². The van der Waals surface area contributed by atoms with Crippen molar-refractivity contribution in [3.05, 3.63) is 47.0 Å². The Morgan fingerprint density at radius 1 is 1.17 bits per heavy atom. The van der Waals surface area contributed by atoms with Gasteiger partial charge in [0, 0.05) is 0 Å². The van der Waals surface area contributed by atoms with Crippen LogP contribution in [0.1, 0.15) is 76.8 Å². The van der Waals surface area contributed by atoms with Crippen LogP contribution in [0.5, 0.6) is 0 Å². The second-order valence-corrected chi connectivity index (χ2v) is 6.95. The Morgan fingerprint density at radius 3 is 2.00 bits per heavy atom. The van der Waals surface area contributed by atoms with Gasteiger partial charge in [-0.05, 0) is 36.5 Å². The van der Waals surface area contributed by atoms with Crippen LogP contribution in [0.25, 0.3) is 0 Å². The molecule has 0 unspecified atom stereocenters. The van der Waals surface area contributed by atoms with Crippen molar-refractivity contribution in [1.82, 2.24) is 0 Å². The zero-order chi connectivity index (χ0) is 18.8. The maximum absolute atomic E-state index is 12.4. The molecule has 4 heteroatoms. The summed E-state index contributed by atoms with van der Waals surface area (Å²) in [6.07, 6.45) is 4.81. The van der Waals surface area contributed by atoms with Crippen molar-refractivity contribution in [3.8, 4) is 0 Å². The van der Waals surface area contributed by atoms with Gasteiger partial charge in [0.1, 0.15) is 0 Å². The fourth-order valence-electron chi connectivity index (χ4n) is 2.43. The number of hydrogen-bond donors (Lipinski definition) is 0. The molecule has 1 aromatic carbocycles. The first kappa shape index (κ1) is 23.0. The lowest BCUT2D eigenvalue weighted by molar-refractivity contribution is -0.137. The molecule has 0 radical (unpaired) electrons. The van der Waals surface area contributed by atoms with Gasteiger partial charge in [0.15, 0.2) is 0 Å². The zero-order valence-electron chi connectivity index (χ0n) is 15.2. The van der Waals surface area contributed by atoms with Gasteiger partial charge in [-0.1, -0.05) is 76.6 Å². The highest BCUT2D eigenvalue weighted by Crippen LogP contribution is 2.36. The van der Waals surface area contributed by atoms with Crippen LogP contribution in [0.3, 0.4) is 0 Å². The smallest absolute Gasteiger partial charge is 0.166 e. The van der Waals surface area contributed by atoms with E-state index >= 15 is 0 Å². The van der Waals surface area contributed by atoms with Crippen molar-refractivity contribution >= 4 is 11.6 Å². The van der Waals surface area contributed by atoms with Gasteiger partial charge in [-0.2, -0.15) is 13.2 Å². The first-order valence-corrected chi connectivity index (χ1v) is 8.94. The third-order valence-electron chi connectivity index (χ3n) is 3.86. The minimum atomic E-state index is -4.37. The number of alkyl halides is 3. The minimum absolute atomic E-state index is 0.0633. The monoisotopic (exact) mass is 362 g/mol. The summed E-state index contributed by atoms with van der Waals surface area (Å²) in [6.45, 7) is 11.3. The zero-order valence-corrected chi connectivity index (χ0v) is 16.0. The van der Waals surface area contributed by atoms with E-state index in [1.165, 1.54) is 38.2 Å². The van der Waals surface area contributed by atoms with E-state index in [0.29, 0.717) is 5.56 Å². The van der Waals surface area contributed by atoms with Crippen molar-refractivity contribution in [2.75, 3.05) is 0 Å². The van der Waals surface area contributed by atoms with E-state index in [9.17, 15) is 13.2 Å². The molecular weight excluding hydrogens is 333 g/mol. The van der Waals surface area contributed by atoms with E-state index in [0.717, 1.165) is 12.0 Å². The minimum Gasteiger partial charge on any atom is -0.166 e. The van der Waals surface area contributed by atoms with Gasteiger partial charge in [0.25, 0.3) is 0 Å².